The molecule has 0 radical (unpaired) electrons. The molecule has 1 aliphatic heterocycles. The Morgan fingerprint density at radius 1 is 1.33 bits per heavy atom. The number of carbonyl (C=O) groups is 1. The van der Waals surface area contributed by atoms with Crippen LogP contribution in [0.2, 0.25) is 0 Å². The first-order valence-corrected chi connectivity index (χ1v) is 6.37. The minimum Gasteiger partial charge on any atom is -0.508 e. The number of Topliss-reactive ketones (excluding diaryl/α,β-unsaturated/α-hetero) is 1. The number of aromatic hydroxyl groups is 2. The van der Waals surface area contributed by atoms with Crippen molar-refractivity contribution in [1.82, 2.24) is 0 Å². The molecule has 1 atom stereocenters. The van der Waals surface area contributed by atoms with Crippen molar-refractivity contribution < 1.29 is 19.7 Å². The van der Waals surface area contributed by atoms with Crippen molar-refractivity contribution in [3.8, 4) is 17.2 Å². The number of phenols is 2. The Hall–Kier alpha value is -2.01. The van der Waals surface area contributed by atoms with E-state index in [1.54, 1.807) is 0 Å². The molecule has 4 nitrogen and oxygen atoms in total. The fraction of sp³-hybridized carbons (Fsp3) is 0.154. The van der Waals surface area contributed by atoms with Crippen LogP contribution in [0.5, 0.6) is 17.2 Å². The lowest BCUT2D eigenvalue weighted by atomic mass is 9.97. The molecule has 0 aliphatic carbocycles. The average molecular weight is 262 g/mol. The lowest BCUT2D eigenvalue weighted by Crippen LogP contribution is -2.20. The maximum Gasteiger partial charge on any atom is 0.174 e. The van der Waals surface area contributed by atoms with Gasteiger partial charge in [-0.2, -0.15) is 11.3 Å². The monoisotopic (exact) mass is 262 g/mol. The molecule has 0 spiro atoms. The van der Waals surface area contributed by atoms with Gasteiger partial charge in [-0.25, -0.2) is 0 Å². The highest BCUT2D eigenvalue weighted by atomic mass is 32.1. The van der Waals surface area contributed by atoms with Crippen LogP contribution in [0.3, 0.4) is 0 Å². The summed E-state index contributed by atoms with van der Waals surface area (Å²) in [6, 6.07) is 4.40. The summed E-state index contributed by atoms with van der Waals surface area (Å²) in [5.74, 6) is -0.298. The maximum atomic E-state index is 12.0. The smallest absolute Gasteiger partial charge is 0.174 e. The minimum absolute atomic E-state index is 0.120. The van der Waals surface area contributed by atoms with Gasteiger partial charge in [-0.05, 0) is 16.8 Å². The van der Waals surface area contributed by atoms with Crippen molar-refractivity contribution in [2.75, 3.05) is 0 Å². The van der Waals surface area contributed by atoms with Crippen LogP contribution in [-0.2, 0) is 0 Å². The first-order chi connectivity index (χ1) is 8.65. The number of benzene rings is 1. The van der Waals surface area contributed by atoms with Crippen LogP contribution >= 0.6 is 11.3 Å². The summed E-state index contributed by atoms with van der Waals surface area (Å²) in [5, 5.41) is 22.9. The molecule has 0 saturated carbocycles. The summed E-state index contributed by atoms with van der Waals surface area (Å²) < 4.78 is 5.67. The Balaban J connectivity index is 2.04. The lowest BCUT2D eigenvalue weighted by Gasteiger charge is -2.25. The number of carbonyl (C=O) groups excluding carboxylic acids is 1. The molecule has 1 aliphatic rings. The third kappa shape index (κ3) is 1.73. The Kier molecular flexibility index (Phi) is 2.48. The second kappa shape index (κ2) is 4.03. The second-order valence-electron chi connectivity index (χ2n) is 4.13. The predicted molar refractivity (Wildman–Crippen MR) is 66.4 cm³/mol. The zero-order valence-corrected chi connectivity index (χ0v) is 10.1. The van der Waals surface area contributed by atoms with Crippen LogP contribution in [0.1, 0.15) is 28.4 Å². The number of phenolic OH excluding ortho intramolecular Hbond substituents is 2. The van der Waals surface area contributed by atoms with E-state index in [4.69, 9.17) is 4.74 Å². The van der Waals surface area contributed by atoms with Gasteiger partial charge in [0.2, 0.25) is 0 Å². The first-order valence-electron chi connectivity index (χ1n) is 5.43. The number of fused-ring (bicyclic) bond motifs is 1. The molecule has 0 bridgehead atoms. The van der Waals surface area contributed by atoms with Gasteiger partial charge in [0.05, 0.1) is 6.42 Å². The van der Waals surface area contributed by atoms with Crippen molar-refractivity contribution in [1.29, 1.82) is 0 Å². The van der Waals surface area contributed by atoms with Gasteiger partial charge < -0.3 is 14.9 Å². The zero-order chi connectivity index (χ0) is 12.7. The average Bonchev–Trinajstić information content (AvgIpc) is 2.80. The molecule has 92 valence electrons. The summed E-state index contributed by atoms with van der Waals surface area (Å²) >= 11 is 1.53. The van der Waals surface area contributed by atoms with Gasteiger partial charge in [0.15, 0.2) is 5.78 Å². The Labute approximate surface area is 107 Å². The number of hydrogen-bond donors (Lipinski definition) is 2. The molecule has 1 unspecified atom stereocenters. The Morgan fingerprint density at radius 2 is 2.17 bits per heavy atom. The lowest BCUT2D eigenvalue weighted by molar-refractivity contribution is 0.0845. The van der Waals surface area contributed by atoms with Gasteiger partial charge in [-0.1, -0.05) is 0 Å². The van der Waals surface area contributed by atoms with Crippen LogP contribution in [-0.4, -0.2) is 16.0 Å². The van der Waals surface area contributed by atoms with Gasteiger partial charge in [-0.3, -0.25) is 4.79 Å². The van der Waals surface area contributed by atoms with Crippen LogP contribution < -0.4 is 4.74 Å². The summed E-state index contributed by atoms with van der Waals surface area (Å²) in [6.07, 6.45) is -0.153. The highest BCUT2D eigenvalue weighted by Crippen LogP contribution is 2.41. The molecule has 18 heavy (non-hydrogen) atoms. The Bertz CT molecular complexity index is 604. The maximum absolute atomic E-state index is 12.0. The number of thiophene rings is 1. The number of ketones is 1. The van der Waals surface area contributed by atoms with E-state index in [2.05, 4.69) is 0 Å². The number of rotatable bonds is 1. The highest BCUT2D eigenvalue weighted by Gasteiger charge is 2.30. The van der Waals surface area contributed by atoms with E-state index in [1.165, 1.54) is 17.4 Å². The third-order valence-corrected chi connectivity index (χ3v) is 3.60. The third-order valence-electron chi connectivity index (χ3n) is 2.90. The topological polar surface area (TPSA) is 66.8 Å². The molecule has 0 fully saturated rings. The largest absolute Gasteiger partial charge is 0.508 e. The fourth-order valence-electron chi connectivity index (χ4n) is 2.07. The van der Waals surface area contributed by atoms with E-state index < -0.39 is 0 Å². The van der Waals surface area contributed by atoms with Crippen LogP contribution in [0, 0.1) is 0 Å². The van der Waals surface area contributed by atoms with Gasteiger partial charge in [0, 0.05) is 17.7 Å². The fourth-order valence-corrected chi connectivity index (χ4v) is 2.77. The quantitative estimate of drug-likeness (QED) is 0.829. The van der Waals surface area contributed by atoms with Gasteiger partial charge in [0.25, 0.3) is 0 Å². The molecule has 0 saturated heterocycles. The molecule has 1 aromatic carbocycles. The van der Waals surface area contributed by atoms with Gasteiger partial charge in [0.1, 0.15) is 28.9 Å². The van der Waals surface area contributed by atoms with Gasteiger partial charge >= 0.3 is 0 Å². The minimum atomic E-state index is -0.350. The summed E-state index contributed by atoms with van der Waals surface area (Å²) in [5.41, 5.74) is 1.08. The van der Waals surface area contributed by atoms with E-state index in [9.17, 15) is 15.0 Å². The second-order valence-corrected chi connectivity index (χ2v) is 4.91. The Morgan fingerprint density at radius 3 is 2.89 bits per heavy atom. The van der Waals surface area contributed by atoms with E-state index in [0.717, 1.165) is 11.6 Å². The molecule has 2 heterocycles. The molecule has 0 amide bonds. The van der Waals surface area contributed by atoms with Crippen molar-refractivity contribution >= 4 is 17.1 Å². The van der Waals surface area contributed by atoms with Crippen LogP contribution in [0.25, 0.3) is 0 Å². The number of hydrogen-bond acceptors (Lipinski definition) is 5. The van der Waals surface area contributed by atoms with Crippen molar-refractivity contribution in [3.05, 3.63) is 40.1 Å². The van der Waals surface area contributed by atoms with E-state index in [1.807, 2.05) is 16.8 Å². The predicted octanol–water partition coefficient (Wildman–Crippen LogP) is 2.87. The molecule has 5 heteroatoms. The molecule has 1 aromatic heterocycles. The molecule has 2 aromatic rings. The van der Waals surface area contributed by atoms with Crippen molar-refractivity contribution in [2.24, 2.45) is 0 Å². The summed E-state index contributed by atoms with van der Waals surface area (Å²) in [4.78, 5) is 12.0. The zero-order valence-electron chi connectivity index (χ0n) is 9.29. The molecular formula is C13H10O4S. The molecular weight excluding hydrogens is 252 g/mol. The van der Waals surface area contributed by atoms with Crippen LogP contribution in [0.4, 0.5) is 0 Å². The van der Waals surface area contributed by atoms with Crippen LogP contribution in [0.15, 0.2) is 29.0 Å². The van der Waals surface area contributed by atoms with E-state index in [0.29, 0.717) is 0 Å². The molecule has 2 N–H and O–H groups in total. The SMILES string of the molecule is O=C1CC(c2ccsc2)Oc2cc(O)cc(O)c21. The summed E-state index contributed by atoms with van der Waals surface area (Å²) in [7, 11) is 0. The standard InChI is InChI=1S/C13H10O4S/c14-8-3-9(15)13-10(16)5-11(17-12(13)4-8)7-1-2-18-6-7/h1-4,6,11,14-15H,5H2. The normalized spacial score (nSPS) is 18.2. The highest BCUT2D eigenvalue weighted by molar-refractivity contribution is 7.07. The number of ether oxygens (including phenoxy) is 1. The van der Waals surface area contributed by atoms with Crippen molar-refractivity contribution in [2.45, 2.75) is 12.5 Å². The van der Waals surface area contributed by atoms with E-state index in [-0.39, 0.29) is 41.1 Å². The summed E-state index contributed by atoms with van der Waals surface area (Å²) in [6.45, 7) is 0. The van der Waals surface area contributed by atoms with E-state index >= 15 is 0 Å². The van der Waals surface area contributed by atoms with Crippen molar-refractivity contribution in [3.63, 3.8) is 0 Å². The molecule has 3 rings (SSSR count). The van der Waals surface area contributed by atoms with Gasteiger partial charge in [-0.15, -0.1) is 0 Å². The first kappa shape index (κ1) is 11.1.